The third kappa shape index (κ3) is 2.49. The fourth-order valence-corrected chi connectivity index (χ4v) is 1.72. The highest BCUT2D eigenvalue weighted by molar-refractivity contribution is 6.32. The van der Waals surface area contributed by atoms with Gasteiger partial charge in [0, 0.05) is 6.07 Å². The lowest BCUT2D eigenvalue weighted by Crippen LogP contribution is -2.05. The number of halogens is 1. The molecule has 4 heteroatoms. The maximum absolute atomic E-state index is 6.12. The van der Waals surface area contributed by atoms with Crippen LogP contribution in [-0.2, 0) is 0 Å². The van der Waals surface area contributed by atoms with Crippen molar-refractivity contribution in [3.63, 3.8) is 0 Å². The van der Waals surface area contributed by atoms with Gasteiger partial charge in [-0.25, -0.2) is 0 Å². The van der Waals surface area contributed by atoms with E-state index in [2.05, 4.69) is 11.4 Å². The number of fused-ring (bicyclic) bond motifs is 1. The lowest BCUT2D eigenvalue weighted by atomic mass is 10.1. The second kappa shape index (κ2) is 5.23. The van der Waals surface area contributed by atoms with E-state index in [0.717, 1.165) is 30.0 Å². The van der Waals surface area contributed by atoms with Crippen molar-refractivity contribution in [2.24, 2.45) is 0 Å². The minimum Gasteiger partial charge on any atom is -0.454 e. The smallest absolute Gasteiger partial charge is 0.231 e. The molecular formula is C12H14ClNO2. The van der Waals surface area contributed by atoms with E-state index in [9.17, 15) is 0 Å². The van der Waals surface area contributed by atoms with E-state index < -0.39 is 0 Å². The molecule has 0 saturated heterocycles. The van der Waals surface area contributed by atoms with Crippen LogP contribution in [0.25, 0.3) is 6.08 Å². The first-order valence-corrected chi connectivity index (χ1v) is 5.59. The van der Waals surface area contributed by atoms with Gasteiger partial charge in [0.2, 0.25) is 6.79 Å². The number of benzene rings is 1. The molecular weight excluding hydrogens is 226 g/mol. The molecule has 16 heavy (non-hydrogen) atoms. The molecule has 0 fully saturated rings. The molecule has 0 unspecified atom stereocenters. The first-order chi connectivity index (χ1) is 7.81. The van der Waals surface area contributed by atoms with Crippen molar-refractivity contribution in [2.75, 3.05) is 20.4 Å². The van der Waals surface area contributed by atoms with Crippen molar-refractivity contribution in [3.8, 4) is 11.5 Å². The van der Waals surface area contributed by atoms with E-state index >= 15 is 0 Å². The minimum atomic E-state index is 0.276. The summed E-state index contributed by atoms with van der Waals surface area (Å²) in [5, 5.41) is 3.77. The Labute approximate surface area is 100 Å². The summed E-state index contributed by atoms with van der Waals surface area (Å²) in [5.41, 5.74) is 0.960. The van der Waals surface area contributed by atoms with Crippen molar-refractivity contribution in [1.29, 1.82) is 0 Å². The highest BCUT2D eigenvalue weighted by atomic mass is 35.5. The van der Waals surface area contributed by atoms with Crippen LogP contribution in [0.5, 0.6) is 11.5 Å². The molecule has 3 nitrogen and oxygen atoms in total. The zero-order valence-electron chi connectivity index (χ0n) is 9.13. The molecule has 0 spiro atoms. The molecule has 1 aromatic rings. The molecule has 2 rings (SSSR count). The molecule has 1 aliphatic heterocycles. The van der Waals surface area contributed by atoms with Gasteiger partial charge in [0.1, 0.15) is 0 Å². The molecule has 1 N–H and O–H groups in total. The van der Waals surface area contributed by atoms with Crippen LogP contribution in [0.15, 0.2) is 18.2 Å². The monoisotopic (exact) mass is 239 g/mol. The highest BCUT2D eigenvalue weighted by Gasteiger charge is 2.15. The molecule has 0 amide bonds. The largest absolute Gasteiger partial charge is 0.454 e. The van der Waals surface area contributed by atoms with E-state index in [4.69, 9.17) is 21.1 Å². The first kappa shape index (κ1) is 11.3. The Kier molecular flexibility index (Phi) is 3.70. The van der Waals surface area contributed by atoms with Gasteiger partial charge in [0.25, 0.3) is 0 Å². The Balaban J connectivity index is 2.12. The van der Waals surface area contributed by atoms with Gasteiger partial charge in [-0.15, -0.1) is 0 Å². The van der Waals surface area contributed by atoms with Gasteiger partial charge in [0.15, 0.2) is 11.5 Å². The summed E-state index contributed by atoms with van der Waals surface area (Å²) in [4.78, 5) is 0. The lowest BCUT2D eigenvalue weighted by Gasteiger charge is -2.01. The summed E-state index contributed by atoms with van der Waals surface area (Å²) >= 11 is 6.12. The molecule has 0 bridgehead atoms. The van der Waals surface area contributed by atoms with Gasteiger partial charge >= 0.3 is 0 Å². The molecule has 0 aliphatic carbocycles. The second-order valence-corrected chi connectivity index (χ2v) is 3.93. The van der Waals surface area contributed by atoms with E-state index in [1.165, 1.54) is 0 Å². The second-order valence-electron chi connectivity index (χ2n) is 3.52. The van der Waals surface area contributed by atoms with Gasteiger partial charge in [-0.2, -0.15) is 0 Å². The predicted molar refractivity (Wildman–Crippen MR) is 65.2 cm³/mol. The number of ether oxygens (including phenoxy) is 2. The fourth-order valence-electron chi connectivity index (χ4n) is 1.50. The summed E-state index contributed by atoms with van der Waals surface area (Å²) < 4.78 is 10.5. The lowest BCUT2D eigenvalue weighted by molar-refractivity contribution is 0.174. The summed E-state index contributed by atoms with van der Waals surface area (Å²) in [6.07, 6.45) is 5.06. The molecule has 0 saturated carbocycles. The first-order valence-electron chi connectivity index (χ1n) is 5.21. The van der Waals surface area contributed by atoms with Crippen LogP contribution in [0.4, 0.5) is 0 Å². The van der Waals surface area contributed by atoms with Crippen LogP contribution in [0.3, 0.4) is 0 Å². The zero-order chi connectivity index (χ0) is 11.4. The predicted octanol–water partition coefficient (Wildman–Crippen LogP) is 2.69. The number of hydrogen-bond donors (Lipinski definition) is 1. The van der Waals surface area contributed by atoms with Gasteiger partial charge < -0.3 is 14.8 Å². The van der Waals surface area contributed by atoms with Crippen molar-refractivity contribution in [3.05, 3.63) is 28.8 Å². The maximum atomic E-state index is 6.12. The van der Waals surface area contributed by atoms with E-state index in [0.29, 0.717) is 5.02 Å². The standard InChI is InChI=1S/C12H14ClNO2/c1-14-5-3-2-4-9-6-11-12(7-10(9)13)16-8-15-11/h2,4,6-7,14H,3,5,8H2,1H3. The minimum absolute atomic E-state index is 0.276. The topological polar surface area (TPSA) is 30.5 Å². The maximum Gasteiger partial charge on any atom is 0.231 e. The SMILES string of the molecule is CNCCC=Cc1cc2c(cc1Cl)OCO2. The molecule has 86 valence electrons. The quantitative estimate of drug-likeness (QED) is 0.820. The molecule has 1 aromatic carbocycles. The number of rotatable bonds is 4. The van der Waals surface area contributed by atoms with Crippen molar-refractivity contribution in [2.45, 2.75) is 6.42 Å². The Morgan fingerprint density at radius 3 is 2.88 bits per heavy atom. The van der Waals surface area contributed by atoms with E-state index in [1.807, 2.05) is 19.2 Å². The van der Waals surface area contributed by atoms with Gasteiger partial charge in [-0.3, -0.25) is 0 Å². The van der Waals surface area contributed by atoms with Crippen LogP contribution in [0.1, 0.15) is 12.0 Å². The Morgan fingerprint density at radius 1 is 1.38 bits per heavy atom. The fraction of sp³-hybridized carbons (Fsp3) is 0.333. The van der Waals surface area contributed by atoms with Crippen LogP contribution in [-0.4, -0.2) is 20.4 Å². The van der Waals surface area contributed by atoms with E-state index in [1.54, 1.807) is 6.07 Å². The molecule has 1 heterocycles. The zero-order valence-corrected chi connectivity index (χ0v) is 9.88. The third-order valence-electron chi connectivity index (χ3n) is 2.35. The summed E-state index contributed by atoms with van der Waals surface area (Å²) in [5.74, 6) is 1.48. The van der Waals surface area contributed by atoms with Gasteiger partial charge in [-0.05, 0) is 31.6 Å². The summed E-state index contributed by atoms with van der Waals surface area (Å²) in [6.45, 7) is 1.23. The summed E-state index contributed by atoms with van der Waals surface area (Å²) in [7, 11) is 1.93. The van der Waals surface area contributed by atoms with Crippen LogP contribution in [0, 0.1) is 0 Å². The average molecular weight is 240 g/mol. The average Bonchev–Trinajstić information content (AvgIpc) is 2.71. The Bertz CT molecular complexity index is 404. The summed E-state index contributed by atoms with van der Waals surface area (Å²) in [6, 6.07) is 3.70. The molecule has 0 aromatic heterocycles. The molecule has 0 radical (unpaired) electrons. The van der Waals surface area contributed by atoms with Crippen LogP contribution < -0.4 is 14.8 Å². The Morgan fingerprint density at radius 2 is 2.12 bits per heavy atom. The van der Waals surface area contributed by atoms with Crippen LogP contribution >= 0.6 is 11.6 Å². The van der Waals surface area contributed by atoms with Crippen molar-refractivity contribution >= 4 is 17.7 Å². The highest BCUT2D eigenvalue weighted by Crippen LogP contribution is 2.37. The normalized spacial score (nSPS) is 13.6. The Hall–Kier alpha value is -1.19. The van der Waals surface area contributed by atoms with Crippen LogP contribution in [0.2, 0.25) is 5.02 Å². The van der Waals surface area contributed by atoms with E-state index in [-0.39, 0.29) is 6.79 Å². The number of hydrogen-bond acceptors (Lipinski definition) is 3. The van der Waals surface area contributed by atoms with Crippen molar-refractivity contribution < 1.29 is 9.47 Å². The van der Waals surface area contributed by atoms with Gasteiger partial charge in [0.05, 0.1) is 5.02 Å². The van der Waals surface area contributed by atoms with Crippen molar-refractivity contribution in [1.82, 2.24) is 5.32 Å². The number of nitrogens with one attached hydrogen (secondary N) is 1. The third-order valence-corrected chi connectivity index (χ3v) is 2.68. The molecule has 0 atom stereocenters. The van der Waals surface area contributed by atoms with Gasteiger partial charge in [-0.1, -0.05) is 23.8 Å². The molecule has 1 aliphatic rings.